The van der Waals surface area contributed by atoms with Crippen LogP contribution in [0.5, 0.6) is 5.75 Å². The molecule has 0 atom stereocenters. The standard InChI is InChI=1S/C16H18ClNO2/c17-15-5-6-16(14-4-2-1-3-13(14)15)20-12-9-18-7-10-19-11-8-18/h1-6H,7-12H2. The molecule has 2 aromatic rings. The molecule has 1 aliphatic heterocycles. The van der Waals surface area contributed by atoms with Crippen molar-refractivity contribution in [3.8, 4) is 5.75 Å². The minimum absolute atomic E-state index is 0.686. The van der Waals surface area contributed by atoms with Crippen molar-refractivity contribution in [2.24, 2.45) is 0 Å². The summed E-state index contributed by atoms with van der Waals surface area (Å²) in [5, 5.41) is 2.88. The largest absolute Gasteiger partial charge is 0.492 e. The Morgan fingerprint density at radius 1 is 1.05 bits per heavy atom. The lowest BCUT2D eigenvalue weighted by Gasteiger charge is -2.26. The Labute approximate surface area is 124 Å². The van der Waals surface area contributed by atoms with Crippen LogP contribution in [0.3, 0.4) is 0 Å². The summed E-state index contributed by atoms with van der Waals surface area (Å²) in [5.74, 6) is 0.901. The fourth-order valence-corrected chi connectivity index (χ4v) is 2.70. The number of nitrogens with zero attached hydrogens (tertiary/aromatic N) is 1. The van der Waals surface area contributed by atoms with Crippen molar-refractivity contribution in [1.29, 1.82) is 0 Å². The molecule has 0 amide bonds. The molecule has 0 bridgehead atoms. The normalized spacial score (nSPS) is 16.4. The summed E-state index contributed by atoms with van der Waals surface area (Å²) in [7, 11) is 0. The van der Waals surface area contributed by atoms with E-state index in [2.05, 4.69) is 4.90 Å². The molecule has 0 aromatic heterocycles. The molecule has 1 saturated heterocycles. The highest BCUT2D eigenvalue weighted by Gasteiger charge is 2.10. The van der Waals surface area contributed by atoms with Crippen LogP contribution in [0.4, 0.5) is 0 Å². The van der Waals surface area contributed by atoms with Crippen LogP contribution in [0, 0.1) is 0 Å². The van der Waals surface area contributed by atoms with E-state index < -0.39 is 0 Å². The zero-order chi connectivity index (χ0) is 13.8. The summed E-state index contributed by atoms with van der Waals surface area (Å²) in [6, 6.07) is 11.9. The molecule has 106 valence electrons. The van der Waals surface area contributed by atoms with E-state index in [0.29, 0.717) is 6.61 Å². The van der Waals surface area contributed by atoms with Gasteiger partial charge in [0.15, 0.2) is 0 Å². The average molecular weight is 292 g/mol. The van der Waals surface area contributed by atoms with Gasteiger partial charge in [-0.3, -0.25) is 4.90 Å². The molecule has 0 radical (unpaired) electrons. The lowest BCUT2D eigenvalue weighted by Crippen LogP contribution is -2.38. The number of ether oxygens (including phenoxy) is 2. The number of hydrogen-bond acceptors (Lipinski definition) is 3. The van der Waals surface area contributed by atoms with Gasteiger partial charge in [-0.05, 0) is 12.1 Å². The quantitative estimate of drug-likeness (QED) is 0.863. The average Bonchev–Trinajstić information content (AvgIpc) is 2.51. The van der Waals surface area contributed by atoms with E-state index in [1.165, 1.54) is 0 Å². The van der Waals surface area contributed by atoms with Crippen LogP contribution in [0.1, 0.15) is 0 Å². The molecule has 3 rings (SSSR count). The molecule has 2 aromatic carbocycles. The molecule has 0 N–H and O–H groups in total. The van der Waals surface area contributed by atoms with E-state index in [0.717, 1.165) is 54.4 Å². The molecule has 3 nitrogen and oxygen atoms in total. The zero-order valence-electron chi connectivity index (χ0n) is 11.3. The van der Waals surface area contributed by atoms with Gasteiger partial charge < -0.3 is 9.47 Å². The minimum Gasteiger partial charge on any atom is -0.492 e. The summed E-state index contributed by atoms with van der Waals surface area (Å²) >= 11 is 6.21. The molecule has 4 heteroatoms. The lowest BCUT2D eigenvalue weighted by molar-refractivity contribution is 0.0323. The van der Waals surface area contributed by atoms with Crippen LogP contribution in [-0.4, -0.2) is 44.4 Å². The first-order chi connectivity index (χ1) is 9.84. The van der Waals surface area contributed by atoms with Gasteiger partial charge in [0.25, 0.3) is 0 Å². The van der Waals surface area contributed by atoms with Crippen LogP contribution in [-0.2, 0) is 4.74 Å². The Morgan fingerprint density at radius 3 is 2.60 bits per heavy atom. The van der Waals surface area contributed by atoms with Gasteiger partial charge in [-0.2, -0.15) is 0 Å². The maximum absolute atomic E-state index is 6.21. The van der Waals surface area contributed by atoms with E-state index in [4.69, 9.17) is 21.1 Å². The molecule has 20 heavy (non-hydrogen) atoms. The van der Waals surface area contributed by atoms with Crippen LogP contribution in [0.2, 0.25) is 5.02 Å². The van der Waals surface area contributed by atoms with Crippen molar-refractivity contribution < 1.29 is 9.47 Å². The molecular weight excluding hydrogens is 274 g/mol. The van der Waals surface area contributed by atoms with E-state index in [9.17, 15) is 0 Å². The third-order valence-corrected chi connectivity index (χ3v) is 3.93. The SMILES string of the molecule is Clc1ccc(OCCN2CCOCC2)c2ccccc12. The van der Waals surface area contributed by atoms with Crippen molar-refractivity contribution in [2.75, 3.05) is 39.5 Å². The van der Waals surface area contributed by atoms with Gasteiger partial charge in [-0.15, -0.1) is 0 Å². The first-order valence-corrected chi connectivity index (χ1v) is 7.32. The molecule has 0 unspecified atom stereocenters. The second-order valence-electron chi connectivity index (χ2n) is 4.89. The lowest BCUT2D eigenvalue weighted by atomic mass is 10.1. The van der Waals surface area contributed by atoms with Crippen molar-refractivity contribution in [3.63, 3.8) is 0 Å². The predicted octanol–water partition coefficient (Wildman–Crippen LogP) is 3.20. The maximum Gasteiger partial charge on any atom is 0.127 e. The molecular formula is C16H18ClNO2. The fourth-order valence-electron chi connectivity index (χ4n) is 2.47. The van der Waals surface area contributed by atoms with E-state index in [-0.39, 0.29) is 0 Å². The first-order valence-electron chi connectivity index (χ1n) is 6.95. The number of fused-ring (bicyclic) bond motifs is 1. The first kappa shape index (κ1) is 13.7. The maximum atomic E-state index is 6.21. The summed E-state index contributed by atoms with van der Waals surface area (Å²) in [6.45, 7) is 5.25. The minimum atomic E-state index is 0.686. The summed E-state index contributed by atoms with van der Waals surface area (Å²) in [4.78, 5) is 2.36. The number of benzene rings is 2. The monoisotopic (exact) mass is 291 g/mol. The molecule has 0 saturated carbocycles. The van der Waals surface area contributed by atoms with Gasteiger partial charge in [-0.25, -0.2) is 0 Å². The Morgan fingerprint density at radius 2 is 1.80 bits per heavy atom. The van der Waals surface area contributed by atoms with Gasteiger partial charge >= 0.3 is 0 Å². The van der Waals surface area contributed by atoms with Gasteiger partial charge in [0.05, 0.1) is 13.2 Å². The van der Waals surface area contributed by atoms with Crippen molar-refractivity contribution in [2.45, 2.75) is 0 Å². The Balaban J connectivity index is 1.67. The number of hydrogen-bond donors (Lipinski definition) is 0. The van der Waals surface area contributed by atoms with Crippen LogP contribution >= 0.6 is 11.6 Å². The van der Waals surface area contributed by atoms with Crippen LogP contribution in [0.25, 0.3) is 10.8 Å². The van der Waals surface area contributed by atoms with Gasteiger partial charge in [0.1, 0.15) is 12.4 Å². The van der Waals surface area contributed by atoms with E-state index >= 15 is 0 Å². The molecule has 1 aliphatic rings. The summed E-state index contributed by atoms with van der Waals surface area (Å²) in [5.41, 5.74) is 0. The molecule has 0 spiro atoms. The summed E-state index contributed by atoms with van der Waals surface area (Å²) in [6.07, 6.45) is 0. The second-order valence-corrected chi connectivity index (χ2v) is 5.30. The third-order valence-electron chi connectivity index (χ3n) is 3.60. The molecule has 1 fully saturated rings. The van der Waals surface area contributed by atoms with Gasteiger partial charge in [0.2, 0.25) is 0 Å². The van der Waals surface area contributed by atoms with E-state index in [1.54, 1.807) is 0 Å². The Bertz CT molecular complexity index is 582. The topological polar surface area (TPSA) is 21.7 Å². The van der Waals surface area contributed by atoms with Crippen molar-refractivity contribution in [3.05, 3.63) is 41.4 Å². The van der Waals surface area contributed by atoms with Crippen LogP contribution < -0.4 is 4.74 Å². The summed E-state index contributed by atoms with van der Waals surface area (Å²) < 4.78 is 11.3. The highest BCUT2D eigenvalue weighted by atomic mass is 35.5. The zero-order valence-corrected chi connectivity index (χ0v) is 12.1. The van der Waals surface area contributed by atoms with Gasteiger partial charge in [0, 0.05) is 35.4 Å². The highest BCUT2D eigenvalue weighted by Crippen LogP contribution is 2.31. The number of morpholine rings is 1. The van der Waals surface area contributed by atoms with Gasteiger partial charge in [-0.1, -0.05) is 35.9 Å². The molecule has 0 aliphatic carbocycles. The Hall–Kier alpha value is -1.29. The highest BCUT2D eigenvalue weighted by molar-refractivity contribution is 6.35. The van der Waals surface area contributed by atoms with Crippen molar-refractivity contribution >= 4 is 22.4 Å². The predicted molar refractivity (Wildman–Crippen MR) is 81.7 cm³/mol. The number of rotatable bonds is 4. The second kappa shape index (κ2) is 6.44. The third kappa shape index (κ3) is 3.06. The Kier molecular flexibility index (Phi) is 4.41. The smallest absolute Gasteiger partial charge is 0.127 e. The van der Waals surface area contributed by atoms with Crippen LogP contribution in [0.15, 0.2) is 36.4 Å². The van der Waals surface area contributed by atoms with E-state index in [1.807, 2.05) is 36.4 Å². The molecule has 1 heterocycles. The number of halogens is 1. The fraction of sp³-hybridized carbons (Fsp3) is 0.375. The van der Waals surface area contributed by atoms with Crippen molar-refractivity contribution in [1.82, 2.24) is 4.90 Å².